The maximum Gasteiger partial charge on any atom is 0.513 e. The predicted octanol–water partition coefficient (Wildman–Crippen LogP) is 3.77. The Morgan fingerprint density at radius 1 is 1.19 bits per heavy atom. The van der Waals surface area contributed by atoms with E-state index in [1.54, 1.807) is 12.1 Å². The molecule has 0 aliphatic carbocycles. The third-order valence-corrected chi connectivity index (χ3v) is 4.93. The number of aromatic nitrogens is 2. The Kier molecular flexibility index (Phi) is 4.41. The SMILES string of the molecule is CC(C)(C)OC(=O)n1c(B2OC(C)(C)C(C)(C)O2)cc2ncc(Cl)cc21. The van der Waals surface area contributed by atoms with Gasteiger partial charge in [-0.15, -0.1) is 0 Å². The van der Waals surface area contributed by atoms with Crippen molar-refractivity contribution in [1.29, 1.82) is 0 Å². The fraction of sp³-hybridized carbons (Fsp3) is 0.556. The summed E-state index contributed by atoms with van der Waals surface area (Å²) in [5.74, 6) is 0. The second-order valence-electron chi connectivity index (χ2n) is 8.53. The minimum absolute atomic E-state index is 0.431. The van der Waals surface area contributed by atoms with Crippen LogP contribution in [0.4, 0.5) is 4.79 Å². The molecule has 3 rings (SSSR count). The first-order chi connectivity index (χ1) is 11.8. The summed E-state index contributed by atoms with van der Waals surface area (Å²) in [6.07, 6.45) is 1.01. The van der Waals surface area contributed by atoms with Crippen molar-refractivity contribution in [3.8, 4) is 0 Å². The summed E-state index contributed by atoms with van der Waals surface area (Å²) in [4.78, 5) is 17.2. The zero-order chi connectivity index (χ0) is 19.5. The van der Waals surface area contributed by atoms with Gasteiger partial charge in [0.05, 0.1) is 32.9 Å². The maximum atomic E-state index is 12.9. The molecule has 0 saturated carbocycles. The predicted molar refractivity (Wildman–Crippen MR) is 102 cm³/mol. The molecule has 0 unspecified atom stereocenters. The first kappa shape index (κ1) is 19.2. The minimum atomic E-state index is -0.722. The van der Waals surface area contributed by atoms with E-state index in [1.165, 1.54) is 10.8 Å². The highest BCUT2D eigenvalue weighted by Crippen LogP contribution is 2.37. The van der Waals surface area contributed by atoms with Crippen molar-refractivity contribution in [2.24, 2.45) is 0 Å². The molecule has 0 atom stereocenters. The van der Waals surface area contributed by atoms with E-state index >= 15 is 0 Å². The van der Waals surface area contributed by atoms with Crippen molar-refractivity contribution in [3.05, 3.63) is 23.4 Å². The number of nitrogens with zero attached hydrogens (tertiary/aromatic N) is 2. The van der Waals surface area contributed by atoms with Gasteiger partial charge < -0.3 is 14.0 Å². The van der Waals surface area contributed by atoms with E-state index in [2.05, 4.69) is 4.98 Å². The summed E-state index contributed by atoms with van der Waals surface area (Å²) in [5, 5.41) is 0.431. The van der Waals surface area contributed by atoms with Crippen molar-refractivity contribution in [3.63, 3.8) is 0 Å². The number of hydrogen-bond acceptors (Lipinski definition) is 5. The van der Waals surface area contributed by atoms with Crippen molar-refractivity contribution in [2.75, 3.05) is 0 Å². The molecule has 26 heavy (non-hydrogen) atoms. The van der Waals surface area contributed by atoms with E-state index in [4.69, 9.17) is 25.6 Å². The lowest BCUT2D eigenvalue weighted by Crippen LogP contribution is -2.43. The van der Waals surface area contributed by atoms with Gasteiger partial charge in [-0.1, -0.05) is 11.6 Å². The lowest BCUT2D eigenvalue weighted by atomic mass is 9.84. The number of rotatable bonds is 1. The van der Waals surface area contributed by atoms with Crippen LogP contribution in [0.25, 0.3) is 11.0 Å². The van der Waals surface area contributed by atoms with Gasteiger partial charge in [-0.05, 0) is 60.6 Å². The van der Waals surface area contributed by atoms with Crippen LogP contribution < -0.4 is 5.59 Å². The summed E-state index contributed by atoms with van der Waals surface area (Å²) >= 11 is 6.10. The average Bonchev–Trinajstić information content (AvgIpc) is 2.91. The Morgan fingerprint density at radius 2 is 1.77 bits per heavy atom. The molecule has 1 fully saturated rings. The molecular weight excluding hydrogens is 354 g/mol. The Bertz CT molecular complexity index is 854. The van der Waals surface area contributed by atoms with E-state index in [-0.39, 0.29) is 0 Å². The van der Waals surface area contributed by atoms with Gasteiger partial charge in [0.1, 0.15) is 5.60 Å². The normalized spacial score (nSPS) is 19.2. The number of ether oxygens (including phenoxy) is 1. The van der Waals surface area contributed by atoms with Crippen LogP contribution in [0.2, 0.25) is 5.02 Å². The van der Waals surface area contributed by atoms with Gasteiger partial charge in [0.15, 0.2) is 0 Å². The molecular formula is C18H24BClN2O4. The van der Waals surface area contributed by atoms with Gasteiger partial charge in [-0.25, -0.2) is 4.79 Å². The lowest BCUT2D eigenvalue weighted by molar-refractivity contribution is 0.00578. The maximum absolute atomic E-state index is 12.9. The Balaban J connectivity index is 2.14. The highest BCUT2D eigenvalue weighted by atomic mass is 35.5. The molecule has 2 aromatic heterocycles. The van der Waals surface area contributed by atoms with Crippen LogP contribution >= 0.6 is 11.6 Å². The molecule has 3 heterocycles. The van der Waals surface area contributed by atoms with Gasteiger partial charge in [0.25, 0.3) is 0 Å². The van der Waals surface area contributed by atoms with E-state index in [0.717, 1.165) is 0 Å². The van der Waals surface area contributed by atoms with Gasteiger partial charge in [-0.3, -0.25) is 9.55 Å². The second kappa shape index (κ2) is 5.97. The number of halogens is 1. The van der Waals surface area contributed by atoms with Crippen molar-refractivity contribution < 1.29 is 18.8 Å². The lowest BCUT2D eigenvalue weighted by Gasteiger charge is -2.32. The van der Waals surface area contributed by atoms with Gasteiger partial charge >= 0.3 is 13.2 Å². The van der Waals surface area contributed by atoms with Crippen molar-refractivity contribution >= 4 is 41.4 Å². The van der Waals surface area contributed by atoms with Crippen LogP contribution in [-0.2, 0) is 14.0 Å². The fourth-order valence-corrected chi connectivity index (χ4v) is 2.87. The topological polar surface area (TPSA) is 62.6 Å². The van der Waals surface area contributed by atoms with E-state index in [1.807, 2.05) is 48.5 Å². The first-order valence-electron chi connectivity index (χ1n) is 8.57. The van der Waals surface area contributed by atoms with Crippen LogP contribution in [-0.4, -0.2) is 39.6 Å². The van der Waals surface area contributed by atoms with Crippen LogP contribution in [0.5, 0.6) is 0 Å². The van der Waals surface area contributed by atoms with Crippen LogP contribution in [0.3, 0.4) is 0 Å². The molecule has 1 aliphatic heterocycles. The Morgan fingerprint density at radius 3 is 2.31 bits per heavy atom. The minimum Gasteiger partial charge on any atom is -0.443 e. The fourth-order valence-electron chi connectivity index (χ4n) is 2.72. The molecule has 1 saturated heterocycles. The summed E-state index contributed by atoms with van der Waals surface area (Å²) in [5.41, 5.74) is -0.00732. The number of carbonyl (C=O) groups is 1. The molecule has 0 radical (unpaired) electrons. The molecule has 2 aromatic rings. The highest BCUT2D eigenvalue weighted by Gasteiger charge is 2.53. The van der Waals surface area contributed by atoms with Crippen molar-refractivity contribution in [2.45, 2.75) is 65.3 Å². The monoisotopic (exact) mass is 378 g/mol. The van der Waals surface area contributed by atoms with Crippen molar-refractivity contribution in [1.82, 2.24) is 9.55 Å². The van der Waals surface area contributed by atoms with Gasteiger partial charge in [-0.2, -0.15) is 0 Å². The number of pyridine rings is 1. The van der Waals surface area contributed by atoms with E-state index < -0.39 is 30.0 Å². The average molecular weight is 379 g/mol. The third-order valence-electron chi connectivity index (χ3n) is 4.72. The number of hydrogen-bond donors (Lipinski definition) is 0. The second-order valence-corrected chi connectivity index (χ2v) is 8.97. The number of fused-ring (bicyclic) bond motifs is 1. The van der Waals surface area contributed by atoms with Crippen LogP contribution in [0, 0.1) is 0 Å². The smallest absolute Gasteiger partial charge is 0.443 e. The molecule has 8 heteroatoms. The molecule has 0 spiro atoms. The van der Waals surface area contributed by atoms with E-state index in [9.17, 15) is 4.79 Å². The molecule has 0 bridgehead atoms. The number of carbonyl (C=O) groups excluding carboxylic acids is 1. The van der Waals surface area contributed by atoms with Gasteiger partial charge in [0.2, 0.25) is 0 Å². The largest absolute Gasteiger partial charge is 0.513 e. The summed E-state index contributed by atoms with van der Waals surface area (Å²) in [6.45, 7) is 13.3. The zero-order valence-corrected chi connectivity index (χ0v) is 17.0. The van der Waals surface area contributed by atoms with Crippen LogP contribution in [0.1, 0.15) is 48.5 Å². The third kappa shape index (κ3) is 3.35. The Hall–Kier alpha value is -1.57. The zero-order valence-electron chi connectivity index (χ0n) is 16.2. The standard InChI is InChI=1S/C18H24BClN2O4/c1-16(2,3)24-15(23)22-13-8-11(20)10-21-12(13)9-14(22)19-25-17(4,5)18(6,7)26-19/h8-10H,1-7H3. The Labute approximate surface area is 158 Å². The molecule has 6 nitrogen and oxygen atoms in total. The first-order valence-corrected chi connectivity index (χ1v) is 8.94. The van der Waals surface area contributed by atoms with Crippen LogP contribution in [0.15, 0.2) is 18.3 Å². The van der Waals surface area contributed by atoms with Gasteiger partial charge in [0, 0.05) is 6.20 Å². The molecule has 0 N–H and O–H groups in total. The van der Waals surface area contributed by atoms with E-state index in [0.29, 0.717) is 21.6 Å². The summed E-state index contributed by atoms with van der Waals surface area (Å²) < 4.78 is 19.2. The molecule has 0 amide bonds. The summed E-state index contributed by atoms with van der Waals surface area (Å²) in [6, 6.07) is 3.46. The highest BCUT2D eigenvalue weighted by molar-refractivity contribution is 6.62. The summed E-state index contributed by atoms with van der Waals surface area (Å²) in [7, 11) is -0.722. The quantitative estimate of drug-likeness (QED) is 0.707. The molecule has 140 valence electrons. The molecule has 0 aromatic carbocycles. The molecule has 1 aliphatic rings.